The van der Waals surface area contributed by atoms with Gasteiger partial charge in [0.25, 0.3) is 0 Å². The van der Waals surface area contributed by atoms with E-state index in [4.69, 9.17) is 9.05 Å². The number of quaternary nitrogens is 1. The number of likely N-dealkylation sites (N-methyl/N-ethyl adjacent to an activating group) is 1. The summed E-state index contributed by atoms with van der Waals surface area (Å²) in [4.78, 5) is 23.2. The van der Waals surface area contributed by atoms with Crippen molar-refractivity contribution in [1.82, 2.24) is 5.32 Å². The molecule has 0 aromatic rings. The number of carbonyl (C=O) groups is 1. The van der Waals surface area contributed by atoms with Crippen LogP contribution in [0.2, 0.25) is 0 Å². The Morgan fingerprint density at radius 1 is 0.583 bits per heavy atom. The van der Waals surface area contributed by atoms with E-state index in [0.717, 1.165) is 89.9 Å². The van der Waals surface area contributed by atoms with Gasteiger partial charge in [-0.3, -0.25) is 13.8 Å². The van der Waals surface area contributed by atoms with E-state index >= 15 is 0 Å². The minimum atomic E-state index is -4.36. The van der Waals surface area contributed by atoms with Crippen LogP contribution >= 0.6 is 7.82 Å². The molecule has 0 aliphatic heterocycles. The van der Waals surface area contributed by atoms with Gasteiger partial charge in [-0.1, -0.05) is 175 Å². The number of rotatable bonds is 41. The lowest BCUT2D eigenvalue weighted by atomic mass is 10.1. The summed E-state index contributed by atoms with van der Waals surface area (Å²) in [6.45, 7) is 4.63. The molecule has 3 atom stereocenters. The molecule has 0 spiro atoms. The van der Waals surface area contributed by atoms with Crippen LogP contribution in [0.25, 0.3) is 0 Å². The van der Waals surface area contributed by atoms with E-state index in [2.05, 4.69) is 104 Å². The van der Waals surface area contributed by atoms with Crippen LogP contribution in [0.3, 0.4) is 0 Å². The molecule has 0 aliphatic carbocycles. The third-order valence-electron chi connectivity index (χ3n) is 9.79. The number of aliphatic hydroxyl groups is 1. The molecule has 3 unspecified atom stereocenters. The lowest BCUT2D eigenvalue weighted by Gasteiger charge is -2.25. The zero-order valence-corrected chi connectivity index (χ0v) is 39.8. The molecule has 0 aromatic carbocycles. The van der Waals surface area contributed by atoms with E-state index < -0.39 is 20.0 Å². The molecule has 0 fully saturated rings. The van der Waals surface area contributed by atoms with E-state index in [1.165, 1.54) is 57.8 Å². The minimum absolute atomic E-state index is 0.0451. The Bertz CT molecular complexity index is 1290. The number of allylic oxidation sites excluding steroid dienone is 15. The quantitative estimate of drug-likeness (QED) is 0.0245. The fourth-order valence-corrected chi connectivity index (χ4v) is 6.79. The van der Waals surface area contributed by atoms with E-state index in [-0.39, 0.29) is 19.1 Å². The molecule has 344 valence electrons. The highest BCUT2D eigenvalue weighted by Gasteiger charge is 2.27. The molecule has 0 heterocycles. The van der Waals surface area contributed by atoms with Crippen molar-refractivity contribution >= 4 is 13.7 Å². The number of hydrogen-bond acceptors (Lipinski definition) is 5. The lowest BCUT2D eigenvalue weighted by molar-refractivity contribution is -0.870. The molecule has 0 bridgehead atoms. The van der Waals surface area contributed by atoms with Crippen LogP contribution in [0.4, 0.5) is 0 Å². The van der Waals surface area contributed by atoms with Gasteiger partial charge in [-0.2, -0.15) is 0 Å². The largest absolute Gasteiger partial charge is 0.472 e. The fraction of sp³-hybridized carbons (Fsp3) is 0.667. The summed E-state index contributed by atoms with van der Waals surface area (Å²) < 4.78 is 23.5. The summed E-state index contributed by atoms with van der Waals surface area (Å²) in [7, 11) is 1.52. The number of aliphatic hydroxyl groups excluding tert-OH is 1. The molecule has 60 heavy (non-hydrogen) atoms. The zero-order valence-electron chi connectivity index (χ0n) is 38.9. The Hall–Kier alpha value is -2.58. The van der Waals surface area contributed by atoms with E-state index in [0.29, 0.717) is 17.4 Å². The minimum Gasteiger partial charge on any atom is -0.387 e. The maximum atomic E-state index is 12.9. The van der Waals surface area contributed by atoms with Crippen molar-refractivity contribution in [3.63, 3.8) is 0 Å². The van der Waals surface area contributed by atoms with Crippen molar-refractivity contribution in [3.8, 4) is 0 Å². The Balaban J connectivity index is 4.49. The first-order chi connectivity index (χ1) is 29.0. The van der Waals surface area contributed by atoms with Crippen molar-refractivity contribution in [1.29, 1.82) is 0 Å². The standard InChI is InChI=1S/C51H89N2O6P/c1-6-8-10-12-14-16-18-20-22-23-24-25-26-27-28-29-31-33-35-37-39-41-43-45-51(55)52-49(48-59-60(56,57)58-47-46-53(3,4)5)50(54)44-42-40-38-36-34-32-30-21-19-17-15-13-11-9-7-2/h8,10,14,16,20,22,24-25,27-28,31,33-34,36,42,44,49-50,54H,6-7,9,11-13,15,17-19,21,23,26,29-30,32,35,37-41,43,45-48H2,1-5H3,(H-,52,55,56,57)/p+1/b10-8-,16-14-,22-20-,25-24-,28-27-,33-31-,36-34+,44-42+. The first-order valence-corrected chi connectivity index (χ1v) is 25.1. The van der Waals surface area contributed by atoms with Crippen LogP contribution in [-0.2, 0) is 18.4 Å². The molecule has 8 nitrogen and oxygen atoms in total. The van der Waals surface area contributed by atoms with Crippen molar-refractivity contribution < 1.29 is 32.9 Å². The third-order valence-corrected chi connectivity index (χ3v) is 10.8. The Labute approximate surface area is 369 Å². The van der Waals surface area contributed by atoms with Gasteiger partial charge in [0.15, 0.2) is 0 Å². The van der Waals surface area contributed by atoms with E-state index in [1.807, 2.05) is 27.2 Å². The van der Waals surface area contributed by atoms with Gasteiger partial charge < -0.3 is 19.8 Å². The zero-order chi connectivity index (χ0) is 44.3. The highest BCUT2D eigenvalue weighted by atomic mass is 31.2. The molecule has 1 amide bonds. The average Bonchev–Trinajstić information content (AvgIpc) is 3.20. The van der Waals surface area contributed by atoms with E-state index in [9.17, 15) is 19.4 Å². The highest BCUT2D eigenvalue weighted by molar-refractivity contribution is 7.47. The molecule has 3 N–H and O–H groups in total. The van der Waals surface area contributed by atoms with Crippen molar-refractivity contribution in [3.05, 3.63) is 97.2 Å². The lowest BCUT2D eigenvalue weighted by Crippen LogP contribution is -2.45. The number of unbranched alkanes of at least 4 members (excludes halogenated alkanes) is 14. The maximum absolute atomic E-state index is 12.9. The molecule has 9 heteroatoms. The number of nitrogens with one attached hydrogen (secondary N) is 1. The van der Waals surface area contributed by atoms with Crippen LogP contribution in [0.1, 0.15) is 168 Å². The number of phosphoric ester groups is 1. The van der Waals surface area contributed by atoms with Crippen LogP contribution in [0, 0.1) is 0 Å². The average molecular weight is 858 g/mol. The van der Waals surface area contributed by atoms with Crippen molar-refractivity contribution in [2.24, 2.45) is 0 Å². The second-order valence-corrected chi connectivity index (χ2v) is 18.2. The summed E-state index contributed by atoms with van der Waals surface area (Å²) in [5.41, 5.74) is 0. The number of nitrogens with zero attached hydrogens (tertiary/aromatic N) is 1. The second kappa shape index (κ2) is 41.8. The van der Waals surface area contributed by atoms with Gasteiger partial charge in [0, 0.05) is 6.42 Å². The van der Waals surface area contributed by atoms with Crippen molar-refractivity contribution in [2.75, 3.05) is 40.9 Å². The first kappa shape index (κ1) is 57.4. The molecule has 0 radical (unpaired) electrons. The smallest absolute Gasteiger partial charge is 0.387 e. The number of carbonyl (C=O) groups excluding carboxylic acids is 1. The van der Waals surface area contributed by atoms with Gasteiger partial charge in [-0.25, -0.2) is 4.57 Å². The van der Waals surface area contributed by atoms with Gasteiger partial charge in [-0.15, -0.1) is 0 Å². The van der Waals surface area contributed by atoms with Gasteiger partial charge in [-0.05, 0) is 83.5 Å². The van der Waals surface area contributed by atoms with Gasteiger partial charge in [0.1, 0.15) is 13.2 Å². The fourth-order valence-electron chi connectivity index (χ4n) is 6.06. The van der Waals surface area contributed by atoms with E-state index in [1.54, 1.807) is 6.08 Å². The number of amides is 1. The van der Waals surface area contributed by atoms with Gasteiger partial charge >= 0.3 is 7.82 Å². The molecule has 0 saturated carbocycles. The molecule has 0 saturated heterocycles. The predicted octanol–water partition coefficient (Wildman–Crippen LogP) is 13.5. The summed E-state index contributed by atoms with van der Waals surface area (Å²) in [5.74, 6) is -0.217. The summed E-state index contributed by atoms with van der Waals surface area (Å²) in [5, 5.41) is 13.8. The van der Waals surface area contributed by atoms with Crippen LogP contribution < -0.4 is 5.32 Å². The Morgan fingerprint density at radius 3 is 1.53 bits per heavy atom. The molecule has 0 aliphatic rings. The molecular formula is C51H90N2O6P+. The maximum Gasteiger partial charge on any atom is 0.472 e. The number of hydrogen-bond donors (Lipinski definition) is 3. The summed E-state index contributed by atoms with van der Waals surface area (Å²) in [6, 6.07) is -0.883. The van der Waals surface area contributed by atoms with Gasteiger partial charge in [0.05, 0.1) is 39.9 Å². The summed E-state index contributed by atoms with van der Waals surface area (Å²) in [6.07, 6.45) is 59.1. The molecule has 0 aromatic heterocycles. The SMILES string of the molecule is CC/C=C\C/C=C\C/C=C\C/C=C\C/C=C\C/C=C\CCCCCCC(=O)NC(COP(=O)(O)OCC[N+](C)(C)C)C(O)/C=C/CC/C=C/CCCCCCCCCCC. The van der Waals surface area contributed by atoms with Crippen LogP contribution in [0.15, 0.2) is 97.2 Å². The predicted molar refractivity (Wildman–Crippen MR) is 258 cm³/mol. The first-order valence-electron chi connectivity index (χ1n) is 23.6. The van der Waals surface area contributed by atoms with Gasteiger partial charge in [0.2, 0.25) is 5.91 Å². The highest BCUT2D eigenvalue weighted by Crippen LogP contribution is 2.43. The molecule has 0 rings (SSSR count). The second-order valence-electron chi connectivity index (χ2n) is 16.7. The summed E-state index contributed by atoms with van der Waals surface area (Å²) >= 11 is 0. The monoisotopic (exact) mass is 858 g/mol. The Kier molecular flexibility index (Phi) is 40.0. The van der Waals surface area contributed by atoms with Crippen molar-refractivity contribution in [2.45, 2.75) is 180 Å². The Morgan fingerprint density at radius 2 is 1.02 bits per heavy atom. The van der Waals surface area contributed by atoms with Crippen LogP contribution in [-0.4, -0.2) is 73.4 Å². The number of phosphoric acid groups is 1. The third kappa shape index (κ3) is 43.5. The molecular weight excluding hydrogens is 768 g/mol. The van der Waals surface area contributed by atoms with Crippen LogP contribution in [0.5, 0.6) is 0 Å². The topological polar surface area (TPSA) is 105 Å². The normalized spacial score (nSPS) is 15.1.